The van der Waals surface area contributed by atoms with Crippen LogP contribution in [0.4, 0.5) is 5.69 Å². The van der Waals surface area contributed by atoms with Crippen LogP contribution in [0.1, 0.15) is 21.6 Å². The number of sulfonamides is 1. The molecule has 0 radical (unpaired) electrons. The van der Waals surface area contributed by atoms with Crippen LogP contribution in [0.3, 0.4) is 0 Å². The van der Waals surface area contributed by atoms with E-state index >= 15 is 0 Å². The van der Waals surface area contributed by atoms with Crippen LogP contribution >= 0.6 is 11.6 Å². The Labute approximate surface area is 127 Å². The predicted octanol–water partition coefficient (Wildman–Crippen LogP) is 2.18. The Balaban J connectivity index is 2.40. The molecule has 0 aliphatic carbocycles. The third kappa shape index (κ3) is 3.44. The Bertz CT molecular complexity index is 812. The fourth-order valence-corrected chi connectivity index (χ4v) is 2.60. The summed E-state index contributed by atoms with van der Waals surface area (Å²) in [6.07, 6.45) is 1.48. The van der Waals surface area contributed by atoms with Gasteiger partial charge in [-0.15, -0.1) is 0 Å². The lowest BCUT2D eigenvalue weighted by atomic mass is 10.1. The van der Waals surface area contributed by atoms with E-state index in [9.17, 15) is 13.2 Å². The summed E-state index contributed by atoms with van der Waals surface area (Å²) in [6, 6.07) is 4.27. The molecule has 112 valence electrons. The minimum atomic E-state index is -3.84. The van der Waals surface area contributed by atoms with Crippen molar-refractivity contribution in [1.82, 2.24) is 4.98 Å². The number of halogens is 1. The van der Waals surface area contributed by atoms with Crippen LogP contribution in [0.15, 0.2) is 29.3 Å². The van der Waals surface area contributed by atoms with Crippen molar-refractivity contribution in [3.8, 4) is 0 Å². The van der Waals surface area contributed by atoms with E-state index in [1.807, 2.05) is 0 Å². The van der Waals surface area contributed by atoms with E-state index in [-0.39, 0.29) is 10.6 Å². The summed E-state index contributed by atoms with van der Waals surface area (Å²) < 4.78 is 22.9. The topological polar surface area (TPSA) is 105 Å². The maximum atomic E-state index is 12.1. The van der Waals surface area contributed by atoms with Gasteiger partial charge in [0.15, 0.2) is 0 Å². The van der Waals surface area contributed by atoms with E-state index in [1.165, 1.54) is 24.4 Å². The average Bonchev–Trinajstić information content (AvgIpc) is 2.80. The number of nitrogens with two attached hydrogens (primary N) is 1. The summed E-state index contributed by atoms with van der Waals surface area (Å²) in [5, 5.41) is 8.18. The summed E-state index contributed by atoms with van der Waals surface area (Å²) >= 11 is 5.74. The van der Waals surface area contributed by atoms with Crippen LogP contribution in [0, 0.1) is 13.8 Å². The molecule has 2 aromatic rings. The summed E-state index contributed by atoms with van der Waals surface area (Å²) in [5.74, 6) is -0.420. The molecule has 0 atom stereocenters. The third-order valence-electron chi connectivity index (χ3n) is 3.11. The molecule has 2 rings (SSSR count). The summed E-state index contributed by atoms with van der Waals surface area (Å²) in [7, 11) is -3.84. The molecule has 1 amide bonds. The molecule has 8 heteroatoms. The van der Waals surface area contributed by atoms with E-state index in [0.717, 1.165) is 5.56 Å². The normalized spacial score (nSPS) is 11.4. The lowest BCUT2D eigenvalue weighted by Crippen LogP contribution is -2.16. The van der Waals surface area contributed by atoms with Crippen LogP contribution in [0.25, 0.3) is 0 Å². The lowest BCUT2D eigenvalue weighted by Gasteiger charge is -2.12. The Morgan fingerprint density at radius 2 is 1.95 bits per heavy atom. The summed E-state index contributed by atoms with van der Waals surface area (Å²) in [6.45, 7) is 3.52. The molecule has 6 nitrogen and oxygen atoms in total. The number of hydrogen-bond acceptors (Lipinski definition) is 3. The minimum Gasteiger partial charge on any atom is -0.356 e. The van der Waals surface area contributed by atoms with Gasteiger partial charge in [0.25, 0.3) is 5.91 Å². The van der Waals surface area contributed by atoms with Crippen molar-refractivity contribution in [2.45, 2.75) is 18.7 Å². The van der Waals surface area contributed by atoms with Gasteiger partial charge in [-0.05, 0) is 43.2 Å². The Hall–Kier alpha value is -1.83. The van der Waals surface area contributed by atoms with Gasteiger partial charge in [-0.3, -0.25) is 4.79 Å². The Kier molecular flexibility index (Phi) is 4.08. The highest BCUT2D eigenvalue weighted by Gasteiger charge is 2.15. The highest BCUT2D eigenvalue weighted by Crippen LogP contribution is 2.24. The number of carbonyl (C=O) groups is 1. The number of H-pyrrole nitrogens is 1. The molecule has 0 aliphatic rings. The SMILES string of the molecule is Cc1cc(S(N)(=O)=O)cc(NC(=O)c2cc(Cl)c[nH]2)c1C. The number of aromatic nitrogens is 1. The average molecular weight is 328 g/mol. The monoisotopic (exact) mass is 327 g/mol. The van der Waals surface area contributed by atoms with Gasteiger partial charge in [-0.1, -0.05) is 11.6 Å². The van der Waals surface area contributed by atoms with Crippen molar-refractivity contribution in [1.29, 1.82) is 0 Å². The molecule has 0 spiro atoms. The van der Waals surface area contributed by atoms with Crippen LogP contribution < -0.4 is 10.5 Å². The number of anilines is 1. The van der Waals surface area contributed by atoms with Crippen molar-refractivity contribution >= 4 is 33.2 Å². The van der Waals surface area contributed by atoms with E-state index in [4.69, 9.17) is 16.7 Å². The zero-order chi connectivity index (χ0) is 15.8. The van der Waals surface area contributed by atoms with E-state index in [0.29, 0.717) is 16.3 Å². The first-order valence-electron chi connectivity index (χ1n) is 5.98. The number of benzene rings is 1. The molecule has 0 saturated heterocycles. The van der Waals surface area contributed by atoms with Crippen LogP contribution in [0.2, 0.25) is 5.02 Å². The largest absolute Gasteiger partial charge is 0.356 e. The summed E-state index contributed by atoms with van der Waals surface area (Å²) in [5.41, 5.74) is 2.13. The van der Waals surface area contributed by atoms with Gasteiger partial charge in [0.2, 0.25) is 10.0 Å². The van der Waals surface area contributed by atoms with Gasteiger partial charge in [0, 0.05) is 11.9 Å². The molecule has 1 heterocycles. The highest BCUT2D eigenvalue weighted by molar-refractivity contribution is 7.89. The van der Waals surface area contributed by atoms with Crippen molar-refractivity contribution < 1.29 is 13.2 Å². The number of amides is 1. The number of aryl methyl sites for hydroxylation is 1. The van der Waals surface area contributed by atoms with Crippen LogP contribution in [-0.4, -0.2) is 19.3 Å². The standard InChI is InChI=1S/C13H14ClN3O3S/c1-7-3-10(21(15,19)20)5-11(8(7)2)17-13(18)12-4-9(14)6-16-12/h3-6,16H,1-2H3,(H,17,18)(H2,15,19,20). The summed E-state index contributed by atoms with van der Waals surface area (Å²) in [4.78, 5) is 14.7. The van der Waals surface area contributed by atoms with Gasteiger partial charge >= 0.3 is 0 Å². The number of primary sulfonamides is 1. The van der Waals surface area contributed by atoms with Gasteiger partial charge in [0.1, 0.15) is 5.69 Å². The number of nitrogens with one attached hydrogen (secondary N) is 2. The van der Waals surface area contributed by atoms with Gasteiger partial charge < -0.3 is 10.3 Å². The van der Waals surface area contributed by atoms with Crippen molar-refractivity contribution in [2.24, 2.45) is 5.14 Å². The van der Waals surface area contributed by atoms with Crippen molar-refractivity contribution in [3.05, 3.63) is 46.2 Å². The van der Waals surface area contributed by atoms with Crippen molar-refractivity contribution in [2.75, 3.05) is 5.32 Å². The van der Waals surface area contributed by atoms with Gasteiger partial charge in [-0.25, -0.2) is 13.6 Å². The number of rotatable bonds is 3. The zero-order valence-corrected chi connectivity index (χ0v) is 13.0. The van der Waals surface area contributed by atoms with E-state index in [2.05, 4.69) is 10.3 Å². The zero-order valence-electron chi connectivity index (χ0n) is 11.4. The van der Waals surface area contributed by atoms with E-state index in [1.54, 1.807) is 13.8 Å². The first-order chi connectivity index (χ1) is 9.68. The number of carbonyl (C=O) groups excluding carboxylic acids is 1. The van der Waals surface area contributed by atoms with E-state index < -0.39 is 15.9 Å². The van der Waals surface area contributed by atoms with Crippen molar-refractivity contribution in [3.63, 3.8) is 0 Å². The molecule has 1 aromatic heterocycles. The fourth-order valence-electron chi connectivity index (χ4n) is 1.81. The Morgan fingerprint density at radius 3 is 2.48 bits per heavy atom. The quantitative estimate of drug-likeness (QED) is 0.804. The lowest BCUT2D eigenvalue weighted by molar-refractivity contribution is 0.102. The highest BCUT2D eigenvalue weighted by atomic mass is 35.5. The second kappa shape index (κ2) is 5.51. The molecule has 1 aromatic carbocycles. The molecule has 0 bridgehead atoms. The van der Waals surface area contributed by atoms with Crippen LogP contribution in [0.5, 0.6) is 0 Å². The molecule has 0 fully saturated rings. The molecule has 0 unspecified atom stereocenters. The first-order valence-corrected chi connectivity index (χ1v) is 7.90. The molecule has 21 heavy (non-hydrogen) atoms. The maximum Gasteiger partial charge on any atom is 0.272 e. The third-order valence-corrected chi connectivity index (χ3v) is 4.22. The molecule has 4 N–H and O–H groups in total. The maximum absolute atomic E-state index is 12.1. The van der Waals surface area contributed by atoms with Gasteiger partial charge in [0.05, 0.1) is 9.92 Å². The second-order valence-corrected chi connectivity index (χ2v) is 6.64. The predicted molar refractivity (Wildman–Crippen MR) is 81.0 cm³/mol. The molecule has 0 aliphatic heterocycles. The smallest absolute Gasteiger partial charge is 0.272 e. The molecular weight excluding hydrogens is 314 g/mol. The number of hydrogen-bond donors (Lipinski definition) is 3. The number of aromatic amines is 1. The second-order valence-electron chi connectivity index (χ2n) is 4.64. The first kappa shape index (κ1) is 15.6. The van der Waals surface area contributed by atoms with Crippen LogP contribution in [-0.2, 0) is 10.0 Å². The fraction of sp³-hybridized carbons (Fsp3) is 0.154. The molecular formula is C13H14ClN3O3S. The van der Waals surface area contributed by atoms with Gasteiger partial charge in [-0.2, -0.15) is 0 Å². The molecule has 0 saturated carbocycles. The Morgan fingerprint density at radius 1 is 1.29 bits per heavy atom. The minimum absolute atomic E-state index is 0.0505.